The number of hydrogen-bond donors (Lipinski definition) is 1. The quantitative estimate of drug-likeness (QED) is 0.593. The van der Waals surface area contributed by atoms with Crippen molar-refractivity contribution in [1.82, 2.24) is 0 Å². The second-order valence-electron chi connectivity index (χ2n) is 4.85. The molecule has 5 nitrogen and oxygen atoms in total. The number of amides is 1. The van der Waals surface area contributed by atoms with Crippen LogP contribution in [0.15, 0.2) is 53.4 Å². The summed E-state index contributed by atoms with van der Waals surface area (Å²) in [5, 5.41) is 2.47. The Bertz CT molecular complexity index is 773. The van der Waals surface area contributed by atoms with Crippen molar-refractivity contribution in [3.63, 3.8) is 0 Å². The summed E-state index contributed by atoms with van der Waals surface area (Å²) in [4.78, 5) is 11.7. The first kappa shape index (κ1) is 20.5. The van der Waals surface area contributed by atoms with Gasteiger partial charge in [-0.05, 0) is 36.2 Å². The van der Waals surface area contributed by atoms with Crippen molar-refractivity contribution in [3.05, 3.63) is 59.7 Å². The SMILES string of the molecule is CCCc1ccc(C(=O)Nc2ccccc2S(=O)(=O)[O-])cc1.[K+]. The van der Waals surface area contributed by atoms with Crippen molar-refractivity contribution in [1.29, 1.82) is 0 Å². The smallest absolute Gasteiger partial charge is 0.744 e. The molecule has 0 atom stereocenters. The fraction of sp³-hybridized carbons (Fsp3) is 0.188. The molecule has 116 valence electrons. The molecule has 7 heteroatoms. The maximum atomic E-state index is 12.2. The molecule has 0 aliphatic carbocycles. The van der Waals surface area contributed by atoms with Gasteiger partial charge in [0.1, 0.15) is 10.1 Å². The maximum Gasteiger partial charge on any atom is 1.00 e. The molecule has 2 aromatic carbocycles. The second-order valence-corrected chi connectivity index (χ2v) is 6.20. The summed E-state index contributed by atoms with van der Waals surface area (Å²) < 4.78 is 33.5. The van der Waals surface area contributed by atoms with Crippen LogP contribution in [0.3, 0.4) is 0 Å². The van der Waals surface area contributed by atoms with Crippen LogP contribution in [0.4, 0.5) is 5.69 Å². The molecule has 0 saturated carbocycles. The van der Waals surface area contributed by atoms with Crippen LogP contribution in [-0.4, -0.2) is 18.9 Å². The Morgan fingerprint density at radius 3 is 2.26 bits per heavy atom. The summed E-state index contributed by atoms with van der Waals surface area (Å²) in [5.41, 5.74) is 1.51. The molecule has 0 aromatic heterocycles. The van der Waals surface area contributed by atoms with E-state index in [-0.39, 0.29) is 57.1 Å². The standard InChI is InChI=1S/C16H17NO4S.K/c1-2-5-12-8-10-13(11-9-12)16(18)17-14-6-3-4-7-15(14)22(19,20)21;/h3-4,6-11H,2,5H2,1H3,(H,17,18)(H,19,20,21);/q;+1/p-1. The molecule has 0 heterocycles. The molecular formula is C16H16KNO4S. The fourth-order valence-electron chi connectivity index (χ4n) is 2.09. The van der Waals surface area contributed by atoms with E-state index >= 15 is 0 Å². The number of carbonyl (C=O) groups is 1. The van der Waals surface area contributed by atoms with Gasteiger partial charge in [0.15, 0.2) is 0 Å². The molecule has 0 bridgehead atoms. The van der Waals surface area contributed by atoms with E-state index in [2.05, 4.69) is 12.2 Å². The van der Waals surface area contributed by atoms with Crippen molar-refractivity contribution < 1.29 is 69.1 Å². The third kappa shape index (κ3) is 5.79. The molecule has 0 fully saturated rings. The average Bonchev–Trinajstić information content (AvgIpc) is 2.48. The van der Waals surface area contributed by atoms with E-state index in [0.717, 1.165) is 18.4 Å². The van der Waals surface area contributed by atoms with Crippen LogP contribution in [0.1, 0.15) is 29.3 Å². The first-order valence-electron chi connectivity index (χ1n) is 6.87. The summed E-state index contributed by atoms with van der Waals surface area (Å²) in [6.07, 6.45) is 1.94. The van der Waals surface area contributed by atoms with Crippen LogP contribution in [0.5, 0.6) is 0 Å². The Labute approximate surface area is 178 Å². The van der Waals surface area contributed by atoms with E-state index in [4.69, 9.17) is 0 Å². The van der Waals surface area contributed by atoms with Crippen LogP contribution in [0.25, 0.3) is 0 Å². The minimum atomic E-state index is -4.64. The van der Waals surface area contributed by atoms with Gasteiger partial charge in [-0.2, -0.15) is 0 Å². The minimum Gasteiger partial charge on any atom is -0.744 e. The minimum absolute atomic E-state index is 0. The van der Waals surface area contributed by atoms with Gasteiger partial charge in [-0.15, -0.1) is 0 Å². The predicted octanol–water partition coefficient (Wildman–Crippen LogP) is -0.201. The van der Waals surface area contributed by atoms with Gasteiger partial charge in [0.25, 0.3) is 5.91 Å². The van der Waals surface area contributed by atoms with Gasteiger partial charge in [-0.1, -0.05) is 37.6 Å². The molecule has 0 unspecified atom stereocenters. The number of carbonyl (C=O) groups excluding carboxylic acids is 1. The number of aryl methyl sites for hydroxylation is 1. The summed E-state index contributed by atoms with van der Waals surface area (Å²) in [5.74, 6) is -0.459. The van der Waals surface area contributed by atoms with Crippen LogP contribution in [0.2, 0.25) is 0 Å². The Morgan fingerprint density at radius 1 is 1.09 bits per heavy atom. The van der Waals surface area contributed by atoms with Gasteiger partial charge in [0.2, 0.25) is 0 Å². The van der Waals surface area contributed by atoms with Crippen LogP contribution >= 0.6 is 0 Å². The van der Waals surface area contributed by atoms with E-state index in [9.17, 15) is 17.8 Å². The van der Waals surface area contributed by atoms with Gasteiger partial charge in [-0.3, -0.25) is 4.79 Å². The fourth-order valence-corrected chi connectivity index (χ4v) is 2.73. The third-order valence-electron chi connectivity index (χ3n) is 3.16. The molecule has 0 aliphatic heterocycles. The van der Waals surface area contributed by atoms with Crippen molar-refractivity contribution in [2.75, 3.05) is 5.32 Å². The van der Waals surface area contributed by atoms with E-state index in [0.29, 0.717) is 5.56 Å². The molecule has 2 aromatic rings. The van der Waals surface area contributed by atoms with Crippen molar-refractivity contribution in [3.8, 4) is 0 Å². The third-order valence-corrected chi connectivity index (χ3v) is 4.05. The van der Waals surface area contributed by atoms with E-state index < -0.39 is 20.9 Å². The molecule has 0 spiro atoms. The zero-order valence-electron chi connectivity index (χ0n) is 13.1. The Kier molecular flexibility index (Phi) is 8.09. The normalized spacial score (nSPS) is 10.7. The number of para-hydroxylation sites is 1. The molecule has 0 aliphatic rings. The largest absolute Gasteiger partial charge is 1.00 e. The summed E-state index contributed by atoms with van der Waals surface area (Å²) in [6.45, 7) is 2.07. The summed E-state index contributed by atoms with van der Waals surface area (Å²) in [6, 6.07) is 12.6. The number of hydrogen-bond acceptors (Lipinski definition) is 4. The summed E-state index contributed by atoms with van der Waals surface area (Å²) in [7, 11) is -4.64. The zero-order valence-corrected chi connectivity index (χ0v) is 17.0. The van der Waals surface area contributed by atoms with Crippen molar-refractivity contribution in [2.45, 2.75) is 24.7 Å². The van der Waals surface area contributed by atoms with Crippen molar-refractivity contribution >= 4 is 21.7 Å². The topological polar surface area (TPSA) is 86.3 Å². The first-order chi connectivity index (χ1) is 10.4. The second kappa shape index (κ2) is 9.07. The molecule has 1 amide bonds. The summed E-state index contributed by atoms with van der Waals surface area (Å²) >= 11 is 0. The van der Waals surface area contributed by atoms with E-state index in [1.54, 1.807) is 18.2 Å². The molecule has 0 radical (unpaired) electrons. The monoisotopic (exact) mass is 357 g/mol. The zero-order chi connectivity index (χ0) is 16.2. The van der Waals surface area contributed by atoms with Crippen LogP contribution < -0.4 is 56.7 Å². The van der Waals surface area contributed by atoms with Gasteiger partial charge in [0, 0.05) is 5.56 Å². The van der Waals surface area contributed by atoms with Gasteiger partial charge in [-0.25, -0.2) is 8.42 Å². The number of rotatable bonds is 5. The predicted molar refractivity (Wildman–Crippen MR) is 82.8 cm³/mol. The van der Waals surface area contributed by atoms with Gasteiger partial charge >= 0.3 is 51.4 Å². The maximum absolute atomic E-state index is 12.2. The number of anilines is 1. The molecule has 23 heavy (non-hydrogen) atoms. The molecular weight excluding hydrogens is 341 g/mol. The number of nitrogens with one attached hydrogen (secondary N) is 1. The Hall–Kier alpha value is -0.544. The molecule has 0 saturated heterocycles. The Balaban J connectivity index is 0.00000264. The van der Waals surface area contributed by atoms with Crippen LogP contribution in [0, 0.1) is 0 Å². The average molecular weight is 357 g/mol. The number of benzene rings is 2. The Morgan fingerprint density at radius 2 is 1.70 bits per heavy atom. The van der Waals surface area contributed by atoms with Crippen LogP contribution in [-0.2, 0) is 16.5 Å². The molecule has 1 N–H and O–H groups in total. The first-order valence-corrected chi connectivity index (χ1v) is 8.28. The van der Waals surface area contributed by atoms with Gasteiger partial charge < -0.3 is 9.87 Å². The van der Waals surface area contributed by atoms with Crippen molar-refractivity contribution in [2.24, 2.45) is 0 Å². The molecule has 2 rings (SSSR count). The van der Waals surface area contributed by atoms with Gasteiger partial charge in [0.05, 0.1) is 10.6 Å². The van der Waals surface area contributed by atoms with E-state index in [1.807, 2.05) is 12.1 Å². The van der Waals surface area contributed by atoms with E-state index in [1.165, 1.54) is 18.2 Å².